The number of aromatic amines is 1. The van der Waals surface area contributed by atoms with Gasteiger partial charge in [-0.2, -0.15) is 5.10 Å². The second kappa shape index (κ2) is 6.72. The van der Waals surface area contributed by atoms with Gasteiger partial charge in [-0.15, -0.1) is 0 Å². The summed E-state index contributed by atoms with van der Waals surface area (Å²) in [5.74, 6) is 0.813. The quantitative estimate of drug-likeness (QED) is 0.915. The molecule has 3 heterocycles. The van der Waals surface area contributed by atoms with Gasteiger partial charge in [0, 0.05) is 24.5 Å². The highest BCUT2D eigenvalue weighted by Crippen LogP contribution is 2.25. The van der Waals surface area contributed by atoms with Crippen molar-refractivity contribution in [2.45, 2.75) is 45.1 Å². The van der Waals surface area contributed by atoms with Crippen LogP contribution in [0.2, 0.25) is 0 Å². The number of likely N-dealkylation sites (tertiary alicyclic amines) is 2. The third kappa shape index (κ3) is 3.41. The SMILES string of the molecule is CCN1CCC(N2CCC[C@H](Cc3ccn[nH]3)C2)CC1. The molecule has 0 radical (unpaired) electrons. The first-order valence-corrected chi connectivity index (χ1v) is 8.30. The van der Waals surface area contributed by atoms with Crippen molar-refractivity contribution in [2.75, 3.05) is 32.7 Å². The predicted molar refractivity (Wildman–Crippen MR) is 81.7 cm³/mol. The minimum absolute atomic E-state index is 0.813. The van der Waals surface area contributed by atoms with Gasteiger partial charge < -0.3 is 9.80 Å². The van der Waals surface area contributed by atoms with Gasteiger partial charge in [-0.1, -0.05) is 6.92 Å². The van der Waals surface area contributed by atoms with Gasteiger partial charge in [0.15, 0.2) is 0 Å². The Kier molecular flexibility index (Phi) is 4.73. The lowest BCUT2D eigenvalue weighted by Crippen LogP contribution is -2.48. The van der Waals surface area contributed by atoms with Crippen LogP contribution in [0.25, 0.3) is 0 Å². The zero-order valence-corrected chi connectivity index (χ0v) is 12.7. The van der Waals surface area contributed by atoms with Crippen molar-refractivity contribution in [1.82, 2.24) is 20.0 Å². The third-order valence-corrected chi connectivity index (χ3v) is 5.14. The van der Waals surface area contributed by atoms with Crippen molar-refractivity contribution in [1.29, 1.82) is 0 Å². The number of rotatable bonds is 4. The number of nitrogens with zero attached hydrogens (tertiary/aromatic N) is 3. The van der Waals surface area contributed by atoms with E-state index in [9.17, 15) is 0 Å². The fraction of sp³-hybridized carbons (Fsp3) is 0.812. The number of H-pyrrole nitrogens is 1. The van der Waals surface area contributed by atoms with E-state index in [2.05, 4.69) is 33.0 Å². The Balaban J connectivity index is 1.50. The second-order valence-corrected chi connectivity index (χ2v) is 6.45. The molecule has 0 amide bonds. The monoisotopic (exact) mass is 276 g/mol. The minimum atomic E-state index is 0.813. The number of hydrogen-bond acceptors (Lipinski definition) is 3. The van der Waals surface area contributed by atoms with Crippen LogP contribution in [-0.2, 0) is 6.42 Å². The Bertz CT molecular complexity index is 381. The molecule has 2 fully saturated rings. The second-order valence-electron chi connectivity index (χ2n) is 6.45. The number of aromatic nitrogens is 2. The van der Waals surface area contributed by atoms with E-state index in [1.807, 2.05) is 6.20 Å². The summed E-state index contributed by atoms with van der Waals surface area (Å²) in [5.41, 5.74) is 1.30. The van der Waals surface area contributed by atoms with Crippen LogP contribution in [-0.4, -0.2) is 58.8 Å². The Hall–Kier alpha value is -0.870. The van der Waals surface area contributed by atoms with Gasteiger partial charge in [0.25, 0.3) is 0 Å². The molecule has 0 spiro atoms. The molecule has 112 valence electrons. The first-order valence-electron chi connectivity index (χ1n) is 8.30. The molecule has 3 rings (SSSR count). The van der Waals surface area contributed by atoms with Gasteiger partial charge in [-0.3, -0.25) is 5.10 Å². The summed E-state index contributed by atoms with van der Waals surface area (Å²) in [6, 6.07) is 2.96. The number of hydrogen-bond donors (Lipinski definition) is 1. The smallest absolute Gasteiger partial charge is 0.0490 e. The van der Waals surface area contributed by atoms with E-state index < -0.39 is 0 Å². The van der Waals surface area contributed by atoms with Crippen LogP contribution in [0.4, 0.5) is 0 Å². The maximum Gasteiger partial charge on any atom is 0.0490 e. The maximum atomic E-state index is 4.07. The molecule has 0 aliphatic carbocycles. The van der Waals surface area contributed by atoms with Crippen molar-refractivity contribution in [3.05, 3.63) is 18.0 Å². The van der Waals surface area contributed by atoms with Gasteiger partial charge in [0.05, 0.1) is 0 Å². The Morgan fingerprint density at radius 1 is 1.25 bits per heavy atom. The summed E-state index contributed by atoms with van der Waals surface area (Å²) < 4.78 is 0. The average molecular weight is 276 g/mol. The molecular weight excluding hydrogens is 248 g/mol. The van der Waals surface area contributed by atoms with Gasteiger partial charge in [-0.05, 0) is 70.3 Å². The Labute approximate surface area is 122 Å². The summed E-state index contributed by atoms with van der Waals surface area (Å²) in [5, 5.41) is 7.19. The highest BCUT2D eigenvalue weighted by Gasteiger charge is 2.28. The lowest BCUT2D eigenvalue weighted by Gasteiger charge is -2.42. The van der Waals surface area contributed by atoms with Gasteiger partial charge in [0.1, 0.15) is 0 Å². The molecule has 4 nitrogen and oxygen atoms in total. The topological polar surface area (TPSA) is 35.2 Å². The number of nitrogens with one attached hydrogen (secondary N) is 1. The summed E-state index contributed by atoms with van der Waals surface area (Å²) in [4.78, 5) is 5.36. The normalized spacial score (nSPS) is 26.9. The molecular formula is C16H28N4. The van der Waals surface area contributed by atoms with E-state index in [1.165, 1.54) is 70.5 Å². The van der Waals surface area contributed by atoms with Crippen LogP contribution >= 0.6 is 0 Å². The van der Waals surface area contributed by atoms with Crippen molar-refractivity contribution >= 4 is 0 Å². The van der Waals surface area contributed by atoms with Gasteiger partial charge >= 0.3 is 0 Å². The van der Waals surface area contributed by atoms with E-state index in [-0.39, 0.29) is 0 Å². The maximum absolute atomic E-state index is 4.07. The molecule has 0 saturated carbocycles. The van der Waals surface area contributed by atoms with E-state index in [0.717, 1.165) is 12.0 Å². The molecule has 0 unspecified atom stereocenters. The van der Waals surface area contributed by atoms with Crippen LogP contribution in [0.15, 0.2) is 12.3 Å². The van der Waals surface area contributed by atoms with Gasteiger partial charge in [-0.25, -0.2) is 0 Å². The molecule has 2 aliphatic rings. The largest absolute Gasteiger partial charge is 0.303 e. The fourth-order valence-electron chi connectivity index (χ4n) is 3.91. The van der Waals surface area contributed by atoms with E-state index >= 15 is 0 Å². The molecule has 1 atom stereocenters. The highest BCUT2D eigenvalue weighted by molar-refractivity contribution is 5.00. The Morgan fingerprint density at radius 3 is 2.80 bits per heavy atom. The lowest BCUT2D eigenvalue weighted by molar-refractivity contribution is 0.0729. The fourth-order valence-corrected chi connectivity index (χ4v) is 3.91. The van der Waals surface area contributed by atoms with Gasteiger partial charge in [0.2, 0.25) is 0 Å². The van der Waals surface area contributed by atoms with Crippen molar-refractivity contribution < 1.29 is 0 Å². The first-order chi connectivity index (χ1) is 9.85. The summed E-state index contributed by atoms with van der Waals surface area (Å²) in [6.45, 7) is 8.69. The third-order valence-electron chi connectivity index (χ3n) is 5.14. The Morgan fingerprint density at radius 2 is 2.10 bits per heavy atom. The molecule has 1 aromatic heterocycles. The lowest BCUT2D eigenvalue weighted by atomic mass is 9.91. The summed E-state index contributed by atoms with van der Waals surface area (Å²) in [6.07, 6.45) is 8.52. The van der Waals surface area contributed by atoms with Crippen LogP contribution in [0.5, 0.6) is 0 Å². The van der Waals surface area contributed by atoms with Crippen molar-refractivity contribution in [2.24, 2.45) is 5.92 Å². The van der Waals surface area contributed by atoms with Crippen molar-refractivity contribution in [3.63, 3.8) is 0 Å². The van der Waals surface area contributed by atoms with Crippen molar-refractivity contribution in [3.8, 4) is 0 Å². The summed E-state index contributed by atoms with van der Waals surface area (Å²) in [7, 11) is 0. The number of piperidine rings is 2. The average Bonchev–Trinajstić information content (AvgIpc) is 3.01. The van der Waals surface area contributed by atoms with E-state index in [0.29, 0.717) is 0 Å². The highest BCUT2D eigenvalue weighted by atomic mass is 15.2. The molecule has 20 heavy (non-hydrogen) atoms. The van der Waals surface area contributed by atoms with Crippen LogP contribution < -0.4 is 0 Å². The van der Waals surface area contributed by atoms with Crippen LogP contribution in [0.1, 0.15) is 38.3 Å². The summed E-state index contributed by atoms with van der Waals surface area (Å²) >= 11 is 0. The molecule has 0 bridgehead atoms. The zero-order chi connectivity index (χ0) is 13.8. The molecule has 2 aliphatic heterocycles. The van der Waals surface area contributed by atoms with E-state index in [4.69, 9.17) is 0 Å². The molecule has 1 N–H and O–H groups in total. The van der Waals surface area contributed by atoms with Crippen LogP contribution in [0.3, 0.4) is 0 Å². The van der Waals surface area contributed by atoms with Crippen LogP contribution in [0, 0.1) is 5.92 Å². The minimum Gasteiger partial charge on any atom is -0.303 e. The molecule has 2 saturated heterocycles. The molecule has 4 heteroatoms. The molecule has 0 aromatic carbocycles. The zero-order valence-electron chi connectivity index (χ0n) is 12.7. The van der Waals surface area contributed by atoms with E-state index in [1.54, 1.807) is 0 Å². The molecule has 1 aromatic rings. The standard InChI is InChI=1S/C16H28N4/c1-2-19-10-6-16(7-11-19)20-9-3-4-14(13-20)12-15-5-8-17-18-15/h5,8,14,16H,2-4,6-7,9-13H2,1H3,(H,17,18)/t14-/m1/s1. The predicted octanol–water partition coefficient (Wildman–Crippen LogP) is 2.15. The first kappa shape index (κ1) is 14.1.